The van der Waals surface area contributed by atoms with Crippen LogP contribution in [-0.2, 0) is 20.0 Å². The van der Waals surface area contributed by atoms with E-state index in [1.165, 1.54) is 11.0 Å². The summed E-state index contributed by atoms with van der Waals surface area (Å²) in [5.41, 5.74) is 0.910. The van der Waals surface area contributed by atoms with Gasteiger partial charge in [-0.05, 0) is 12.5 Å². The Kier molecular flexibility index (Phi) is 4.55. The number of nitro groups is 1. The predicted octanol–water partition coefficient (Wildman–Crippen LogP) is 2.16. The maximum atomic E-state index is 12.4. The monoisotopic (exact) mass is 302 g/mol. The van der Waals surface area contributed by atoms with Crippen molar-refractivity contribution in [1.82, 2.24) is 14.5 Å². The fourth-order valence-electron chi connectivity index (χ4n) is 2.22. The molecule has 7 nitrogen and oxygen atoms in total. The first-order valence-electron chi connectivity index (χ1n) is 6.93. The maximum Gasteiger partial charge on any atom is 0.273 e. The average molecular weight is 302 g/mol. The Hall–Kier alpha value is -2.70. The molecule has 0 bridgehead atoms. The van der Waals surface area contributed by atoms with Crippen LogP contribution in [0.2, 0.25) is 0 Å². The van der Waals surface area contributed by atoms with E-state index < -0.39 is 4.92 Å². The molecule has 0 fully saturated rings. The number of imidazole rings is 1. The summed E-state index contributed by atoms with van der Waals surface area (Å²) in [6.07, 6.45) is 4.01. The number of benzene rings is 1. The van der Waals surface area contributed by atoms with Crippen molar-refractivity contribution in [2.24, 2.45) is 7.05 Å². The van der Waals surface area contributed by atoms with Gasteiger partial charge >= 0.3 is 0 Å². The molecule has 0 unspecified atom stereocenters. The van der Waals surface area contributed by atoms with Gasteiger partial charge in [-0.25, -0.2) is 4.98 Å². The van der Waals surface area contributed by atoms with E-state index in [-0.39, 0.29) is 11.6 Å². The molecule has 0 N–H and O–H groups in total. The molecule has 1 amide bonds. The molecular weight excluding hydrogens is 284 g/mol. The molecule has 0 saturated carbocycles. The fourth-order valence-corrected chi connectivity index (χ4v) is 2.22. The highest BCUT2D eigenvalue weighted by Crippen LogP contribution is 2.21. The van der Waals surface area contributed by atoms with Crippen LogP contribution < -0.4 is 0 Å². The molecule has 0 aliphatic heterocycles. The fraction of sp³-hybridized carbons (Fsp3) is 0.333. The highest BCUT2D eigenvalue weighted by atomic mass is 16.6. The van der Waals surface area contributed by atoms with Crippen molar-refractivity contribution >= 4 is 11.6 Å². The van der Waals surface area contributed by atoms with Gasteiger partial charge in [0.05, 0.1) is 11.5 Å². The van der Waals surface area contributed by atoms with Gasteiger partial charge in [0, 0.05) is 43.7 Å². The zero-order valence-corrected chi connectivity index (χ0v) is 12.8. The lowest BCUT2D eigenvalue weighted by Crippen LogP contribution is -2.27. The van der Waals surface area contributed by atoms with Crippen LogP contribution in [0.5, 0.6) is 0 Å². The van der Waals surface area contributed by atoms with Crippen LogP contribution >= 0.6 is 0 Å². The number of carbonyl (C=O) groups excluding carboxylic acids is 1. The highest BCUT2D eigenvalue weighted by Gasteiger charge is 2.19. The predicted molar refractivity (Wildman–Crippen MR) is 81.5 cm³/mol. The van der Waals surface area contributed by atoms with Gasteiger partial charge in [-0.1, -0.05) is 13.0 Å². The van der Waals surface area contributed by atoms with E-state index in [1.807, 2.05) is 18.5 Å². The van der Waals surface area contributed by atoms with Gasteiger partial charge in [0.15, 0.2) is 0 Å². The second kappa shape index (κ2) is 6.38. The van der Waals surface area contributed by atoms with Gasteiger partial charge in [-0.2, -0.15) is 0 Å². The summed E-state index contributed by atoms with van der Waals surface area (Å²) in [6, 6.07) is 4.61. The second-order valence-electron chi connectivity index (χ2n) is 5.07. The number of aryl methyl sites for hydroxylation is 2. The minimum atomic E-state index is -0.450. The topological polar surface area (TPSA) is 81.3 Å². The Balaban J connectivity index is 2.23. The number of rotatable bonds is 5. The quantitative estimate of drug-likeness (QED) is 0.626. The SMILES string of the molecule is CCc1ccc(C(=O)N(C)Cc2nccn2C)cc1[N+](=O)[O-]. The van der Waals surface area contributed by atoms with Crippen LogP contribution in [-0.4, -0.2) is 32.3 Å². The number of hydrogen-bond donors (Lipinski definition) is 0. The van der Waals surface area contributed by atoms with Gasteiger partial charge in [0.1, 0.15) is 5.82 Å². The molecule has 2 rings (SSSR count). The second-order valence-corrected chi connectivity index (χ2v) is 5.07. The third kappa shape index (κ3) is 3.13. The molecule has 1 aromatic heterocycles. The van der Waals surface area contributed by atoms with Crippen molar-refractivity contribution in [1.29, 1.82) is 0 Å². The summed E-state index contributed by atoms with van der Waals surface area (Å²) in [5.74, 6) is 0.476. The van der Waals surface area contributed by atoms with Crippen molar-refractivity contribution < 1.29 is 9.72 Å². The summed E-state index contributed by atoms with van der Waals surface area (Å²) in [4.78, 5) is 28.7. The van der Waals surface area contributed by atoms with Crippen molar-refractivity contribution in [3.05, 3.63) is 57.7 Å². The summed E-state index contributed by atoms with van der Waals surface area (Å²) in [6.45, 7) is 2.18. The summed E-state index contributed by atoms with van der Waals surface area (Å²) in [5, 5.41) is 11.1. The van der Waals surface area contributed by atoms with E-state index in [1.54, 1.807) is 31.6 Å². The van der Waals surface area contributed by atoms with Gasteiger partial charge in [-0.15, -0.1) is 0 Å². The van der Waals surface area contributed by atoms with Gasteiger partial charge in [0.25, 0.3) is 11.6 Å². The number of nitro benzene ring substituents is 1. The number of amides is 1. The van der Waals surface area contributed by atoms with Crippen LogP contribution in [0, 0.1) is 10.1 Å². The maximum absolute atomic E-state index is 12.4. The molecule has 1 aromatic carbocycles. The minimum Gasteiger partial charge on any atom is -0.337 e. The largest absolute Gasteiger partial charge is 0.337 e. The van der Waals surface area contributed by atoms with E-state index >= 15 is 0 Å². The first-order valence-corrected chi connectivity index (χ1v) is 6.93. The molecule has 0 saturated heterocycles. The van der Waals surface area contributed by atoms with Crippen molar-refractivity contribution in [3.63, 3.8) is 0 Å². The summed E-state index contributed by atoms with van der Waals surface area (Å²) >= 11 is 0. The van der Waals surface area contributed by atoms with E-state index in [9.17, 15) is 14.9 Å². The molecule has 0 atom stereocenters. The van der Waals surface area contributed by atoms with Gasteiger partial charge < -0.3 is 9.47 Å². The van der Waals surface area contributed by atoms with Crippen molar-refractivity contribution in [3.8, 4) is 0 Å². The van der Waals surface area contributed by atoms with Crippen LogP contribution in [0.15, 0.2) is 30.6 Å². The molecule has 0 spiro atoms. The van der Waals surface area contributed by atoms with E-state index in [4.69, 9.17) is 0 Å². The molecular formula is C15H18N4O3. The lowest BCUT2D eigenvalue weighted by atomic mass is 10.1. The van der Waals surface area contributed by atoms with E-state index in [0.717, 1.165) is 5.82 Å². The number of hydrogen-bond acceptors (Lipinski definition) is 4. The smallest absolute Gasteiger partial charge is 0.273 e. The number of nitrogens with zero attached hydrogens (tertiary/aromatic N) is 4. The average Bonchev–Trinajstić information content (AvgIpc) is 2.90. The Morgan fingerprint density at radius 3 is 2.73 bits per heavy atom. The zero-order valence-electron chi connectivity index (χ0n) is 12.8. The Labute approximate surface area is 128 Å². The van der Waals surface area contributed by atoms with Crippen LogP contribution in [0.1, 0.15) is 28.7 Å². The van der Waals surface area contributed by atoms with Crippen LogP contribution in [0.25, 0.3) is 0 Å². The number of carbonyl (C=O) groups is 1. The zero-order chi connectivity index (χ0) is 16.3. The molecule has 0 aliphatic rings. The third-order valence-corrected chi connectivity index (χ3v) is 3.56. The van der Waals surface area contributed by atoms with Crippen molar-refractivity contribution in [2.45, 2.75) is 19.9 Å². The molecule has 2 aromatic rings. The molecule has 0 aliphatic carbocycles. The Bertz CT molecular complexity index is 709. The third-order valence-electron chi connectivity index (χ3n) is 3.56. The van der Waals surface area contributed by atoms with Crippen LogP contribution in [0.4, 0.5) is 5.69 Å². The van der Waals surface area contributed by atoms with Crippen LogP contribution in [0.3, 0.4) is 0 Å². The Morgan fingerprint density at radius 1 is 1.45 bits per heavy atom. The molecule has 7 heteroatoms. The first-order chi connectivity index (χ1) is 10.4. The summed E-state index contributed by atoms with van der Waals surface area (Å²) < 4.78 is 1.83. The first kappa shape index (κ1) is 15.7. The summed E-state index contributed by atoms with van der Waals surface area (Å²) in [7, 11) is 3.50. The molecule has 0 radical (unpaired) electrons. The van der Waals surface area contributed by atoms with E-state index in [0.29, 0.717) is 24.1 Å². The standard InChI is InChI=1S/C15H18N4O3/c1-4-11-5-6-12(9-13(11)19(21)22)15(20)18(3)10-14-16-7-8-17(14)2/h5-9H,4,10H2,1-3H3. The van der Waals surface area contributed by atoms with Crippen molar-refractivity contribution in [2.75, 3.05) is 7.05 Å². The normalized spacial score (nSPS) is 10.5. The van der Waals surface area contributed by atoms with Gasteiger partial charge in [-0.3, -0.25) is 14.9 Å². The number of aromatic nitrogens is 2. The molecule has 22 heavy (non-hydrogen) atoms. The van der Waals surface area contributed by atoms with E-state index in [2.05, 4.69) is 4.98 Å². The van der Waals surface area contributed by atoms with Gasteiger partial charge in [0.2, 0.25) is 0 Å². The highest BCUT2D eigenvalue weighted by molar-refractivity contribution is 5.94. The lowest BCUT2D eigenvalue weighted by molar-refractivity contribution is -0.385. The lowest BCUT2D eigenvalue weighted by Gasteiger charge is -2.17. The Morgan fingerprint density at radius 2 is 2.18 bits per heavy atom. The molecule has 116 valence electrons. The minimum absolute atomic E-state index is 0.0151. The molecule has 1 heterocycles.